The van der Waals surface area contributed by atoms with Crippen molar-refractivity contribution in [1.82, 2.24) is 15.3 Å². The summed E-state index contributed by atoms with van der Waals surface area (Å²) in [5.41, 5.74) is 3.95. The summed E-state index contributed by atoms with van der Waals surface area (Å²) in [5, 5.41) is 10.9. The molecule has 2 amide bonds. The second-order valence-electron chi connectivity index (χ2n) is 9.65. The highest BCUT2D eigenvalue weighted by atomic mass is 16.7. The molecule has 1 saturated carbocycles. The number of nitrogens with zero attached hydrogens (tertiary/aromatic N) is 3. The minimum Gasteiger partial charge on any atom is -0.366 e. The van der Waals surface area contributed by atoms with Crippen molar-refractivity contribution < 1.29 is 14.4 Å². The Labute approximate surface area is 205 Å². The number of amides is 2. The number of hydrogen-bond donors (Lipinski definition) is 2. The van der Waals surface area contributed by atoms with E-state index < -0.39 is 5.97 Å². The Morgan fingerprint density at radius 1 is 1.06 bits per heavy atom. The van der Waals surface area contributed by atoms with E-state index >= 15 is 0 Å². The van der Waals surface area contributed by atoms with E-state index in [4.69, 9.17) is 4.84 Å². The summed E-state index contributed by atoms with van der Waals surface area (Å²) in [6.45, 7) is 2.96. The third-order valence-corrected chi connectivity index (χ3v) is 7.21. The first-order valence-electron chi connectivity index (χ1n) is 12.6. The van der Waals surface area contributed by atoms with Crippen LogP contribution in [0, 0.1) is 5.92 Å². The van der Waals surface area contributed by atoms with Crippen LogP contribution in [0.5, 0.6) is 0 Å². The first kappa shape index (κ1) is 23.2. The second kappa shape index (κ2) is 10.4. The molecule has 0 bridgehead atoms. The number of aryl methyl sites for hydroxylation is 1. The van der Waals surface area contributed by atoms with Gasteiger partial charge in [0, 0.05) is 37.1 Å². The fourth-order valence-corrected chi connectivity index (χ4v) is 5.49. The molecule has 2 aliphatic rings. The van der Waals surface area contributed by atoms with Crippen LogP contribution < -0.4 is 20.4 Å². The topological polar surface area (TPSA) is 88.5 Å². The van der Waals surface area contributed by atoms with Crippen LogP contribution in [0.15, 0.2) is 48.7 Å². The maximum Gasteiger partial charge on any atom is 0.331 e. The van der Waals surface area contributed by atoms with Gasteiger partial charge in [0.1, 0.15) is 5.52 Å². The fourth-order valence-electron chi connectivity index (χ4n) is 5.49. The molecule has 184 valence electrons. The largest absolute Gasteiger partial charge is 0.366 e. The smallest absolute Gasteiger partial charge is 0.331 e. The number of fused-ring (bicyclic) bond motifs is 2. The van der Waals surface area contributed by atoms with Gasteiger partial charge in [-0.3, -0.25) is 0 Å². The first-order valence-corrected chi connectivity index (χ1v) is 12.6. The monoisotopic (exact) mass is 475 g/mol. The molecule has 3 aromatic rings. The van der Waals surface area contributed by atoms with E-state index in [2.05, 4.69) is 44.9 Å². The van der Waals surface area contributed by atoms with Gasteiger partial charge in [0.25, 0.3) is 0 Å². The SMILES string of the molecule is CC(=O)On1ncc2c(NC(=O)NCC3CCc4ccccc4N3CC3CCCCC3)cccc21. The molecule has 1 unspecified atom stereocenters. The second-order valence-corrected chi connectivity index (χ2v) is 9.65. The predicted molar refractivity (Wildman–Crippen MR) is 136 cm³/mol. The number of carbonyl (C=O) groups is 2. The van der Waals surface area contributed by atoms with E-state index in [-0.39, 0.29) is 12.1 Å². The normalized spacial score (nSPS) is 18.2. The quantitative estimate of drug-likeness (QED) is 0.547. The molecule has 8 heteroatoms. The van der Waals surface area contributed by atoms with Gasteiger partial charge in [-0.1, -0.05) is 48.4 Å². The predicted octanol–water partition coefficient (Wildman–Crippen LogP) is 4.53. The average Bonchev–Trinajstić information content (AvgIpc) is 3.27. The van der Waals surface area contributed by atoms with Crippen molar-refractivity contribution >= 4 is 34.3 Å². The molecule has 1 aromatic heterocycles. The summed E-state index contributed by atoms with van der Waals surface area (Å²) >= 11 is 0. The van der Waals surface area contributed by atoms with E-state index in [0.29, 0.717) is 23.1 Å². The van der Waals surface area contributed by atoms with Crippen molar-refractivity contribution in [1.29, 1.82) is 0 Å². The van der Waals surface area contributed by atoms with E-state index in [0.717, 1.165) is 25.3 Å². The van der Waals surface area contributed by atoms with Gasteiger partial charge in [-0.25, -0.2) is 9.59 Å². The standard InChI is InChI=1S/C27H33N5O3/c1-19(33)35-32-26-13-7-11-24(23(26)17-29-32)30-27(34)28-16-22-15-14-21-10-5-6-12-25(21)31(22)18-20-8-3-2-4-9-20/h5-7,10-13,17,20,22H,2-4,8-9,14-16,18H2,1H3,(H2,28,30,34). The Morgan fingerprint density at radius 3 is 2.71 bits per heavy atom. The number of aromatic nitrogens is 2. The Hall–Kier alpha value is -3.55. The van der Waals surface area contributed by atoms with Crippen LogP contribution in [0.3, 0.4) is 0 Å². The van der Waals surface area contributed by atoms with Crippen molar-refractivity contribution in [3.05, 3.63) is 54.2 Å². The van der Waals surface area contributed by atoms with Crippen LogP contribution in [0.25, 0.3) is 10.9 Å². The van der Waals surface area contributed by atoms with Gasteiger partial charge in [0.2, 0.25) is 0 Å². The van der Waals surface area contributed by atoms with E-state index in [1.807, 2.05) is 6.07 Å². The van der Waals surface area contributed by atoms with Gasteiger partial charge in [0.15, 0.2) is 0 Å². The molecule has 2 aromatic carbocycles. The number of carbonyl (C=O) groups excluding carboxylic acids is 2. The average molecular weight is 476 g/mol. The molecule has 2 heterocycles. The lowest BCUT2D eigenvalue weighted by molar-refractivity contribution is -0.142. The number of anilines is 2. The summed E-state index contributed by atoms with van der Waals surface area (Å²) < 4.78 is 0. The van der Waals surface area contributed by atoms with Crippen LogP contribution in [0.2, 0.25) is 0 Å². The molecular weight excluding hydrogens is 442 g/mol. The van der Waals surface area contributed by atoms with Crippen molar-refractivity contribution in [3.63, 3.8) is 0 Å². The third kappa shape index (κ3) is 5.26. The number of para-hydroxylation sites is 1. The Balaban J connectivity index is 1.26. The Bertz CT molecular complexity index is 1200. The molecular formula is C27H33N5O3. The zero-order valence-corrected chi connectivity index (χ0v) is 20.2. The van der Waals surface area contributed by atoms with Crippen molar-refractivity contribution in [2.45, 2.75) is 57.9 Å². The number of hydrogen-bond acceptors (Lipinski definition) is 5. The zero-order valence-electron chi connectivity index (χ0n) is 20.2. The lowest BCUT2D eigenvalue weighted by Crippen LogP contribution is -2.49. The van der Waals surface area contributed by atoms with Crippen LogP contribution in [-0.2, 0) is 11.2 Å². The molecule has 1 aliphatic heterocycles. The summed E-state index contributed by atoms with van der Waals surface area (Å²) in [6, 6.07) is 14.1. The molecule has 1 aliphatic carbocycles. The van der Waals surface area contributed by atoms with Gasteiger partial charge in [0.05, 0.1) is 11.9 Å². The van der Waals surface area contributed by atoms with E-state index in [1.54, 1.807) is 18.3 Å². The van der Waals surface area contributed by atoms with Gasteiger partial charge < -0.3 is 20.4 Å². The summed E-state index contributed by atoms with van der Waals surface area (Å²) in [6.07, 6.45) is 10.2. The van der Waals surface area contributed by atoms with Crippen molar-refractivity contribution in [3.8, 4) is 0 Å². The molecule has 35 heavy (non-hydrogen) atoms. The molecule has 0 radical (unpaired) electrons. The molecule has 0 saturated heterocycles. The van der Waals surface area contributed by atoms with Gasteiger partial charge >= 0.3 is 12.0 Å². The van der Waals surface area contributed by atoms with Crippen LogP contribution in [0.4, 0.5) is 16.2 Å². The van der Waals surface area contributed by atoms with Gasteiger partial charge in [-0.2, -0.15) is 0 Å². The molecule has 0 spiro atoms. The van der Waals surface area contributed by atoms with Crippen LogP contribution in [-0.4, -0.2) is 41.1 Å². The molecule has 1 fully saturated rings. The molecule has 1 atom stereocenters. The number of benzene rings is 2. The summed E-state index contributed by atoms with van der Waals surface area (Å²) in [7, 11) is 0. The minimum absolute atomic E-state index is 0.255. The number of nitrogens with one attached hydrogen (secondary N) is 2. The highest BCUT2D eigenvalue weighted by molar-refractivity contribution is 6.00. The first-order chi connectivity index (χ1) is 17.1. The van der Waals surface area contributed by atoms with Crippen LogP contribution in [0.1, 0.15) is 51.0 Å². The highest BCUT2D eigenvalue weighted by Gasteiger charge is 2.29. The van der Waals surface area contributed by atoms with Crippen molar-refractivity contribution in [2.24, 2.45) is 5.92 Å². The maximum absolute atomic E-state index is 12.9. The Morgan fingerprint density at radius 2 is 1.89 bits per heavy atom. The highest BCUT2D eigenvalue weighted by Crippen LogP contribution is 2.34. The molecule has 2 N–H and O–H groups in total. The molecule has 5 rings (SSSR count). The van der Waals surface area contributed by atoms with E-state index in [1.165, 1.54) is 55.1 Å². The molecule has 8 nitrogen and oxygen atoms in total. The maximum atomic E-state index is 12.9. The number of urea groups is 1. The van der Waals surface area contributed by atoms with Crippen molar-refractivity contribution in [2.75, 3.05) is 23.3 Å². The third-order valence-electron chi connectivity index (χ3n) is 7.21. The number of rotatable bonds is 6. The Kier molecular flexibility index (Phi) is 6.88. The lowest BCUT2D eigenvalue weighted by atomic mass is 9.87. The zero-order chi connectivity index (χ0) is 24.2. The van der Waals surface area contributed by atoms with Gasteiger partial charge in [-0.05, 0) is 55.4 Å². The summed E-state index contributed by atoms with van der Waals surface area (Å²) in [4.78, 5) is 33.0. The van der Waals surface area contributed by atoms with Crippen LogP contribution >= 0.6 is 0 Å². The van der Waals surface area contributed by atoms with E-state index in [9.17, 15) is 9.59 Å². The summed E-state index contributed by atoms with van der Waals surface area (Å²) in [5.74, 6) is 0.260. The minimum atomic E-state index is -0.460. The van der Waals surface area contributed by atoms with Gasteiger partial charge in [-0.15, -0.1) is 5.10 Å². The lowest BCUT2D eigenvalue weighted by Gasteiger charge is -2.41. The fraction of sp³-hybridized carbons (Fsp3) is 0.444.